The molecular weight excluding hydrogens is 420 g/mol. The van der Waals surface area contributed by atoms with Crippen LogP contribution in [0.5, 0.6) is 0 Å². The summed E-state index contributed by atoms with van der Waals surface area (Å²) in [5.74, 6) is -0.248. The number of nitrogens with two attached hydrogens (primary N) is 1. The summed E-state index contributed by atoms with van der Waals surface area (Å²) >= 11 is 0. The van der Waals surface area contributed by atoms with E-state index in [1.807, 2.05) is 51.1 Å². The SMILES string of the molecule is C[C@H](N)C(=O)Nc1ccc(C[C@@H]2CC[C@H]([C@H](O)c3cccnc3)N2C(=O)OC(C)(C)C)cc1. The average Bonchev–Trinajstić information content (AvgIpc) is 3.17. The summed E-state index contributed by atoms with van der Waals surface area (Å²) in [6, 6.07) is 9.97. The van der Waals surface area contributed by atoms with Crippen LogP contribution in [0.15, 0.2) is 48.8 Å². The number of hydrogen-bond donors (Lipinski definition) is 3. The zero-order chi connectivity index (χ0) is 24.2. The van der Waals surface area contributed by atoms with Crippen molar-refractivity contribution in [2.24, 2.45) is 5.73 Å². The molecule has 3 rings (SSSR count). The van der Waals surface area contributed by atoms with Crippen molar-refractivity contribution in [2.75, 3.05) is 5.32 Å². The number of nitrogens with zero attached hydrogens (tertiary/aromatic N) is 2. The van der Waals surface area contributed by atoms with Crippen LogP contribution in [0.4, 0.5) is 10.5 Å². The van der Waals surface area contributed by atoms with Crippen LogP contribution in [0, 0.1) is 0 Å². The van der Waals surface area contributed by atoms with Crippen LogP contribution in [0.25, 0.3) is 0 Å². The fourth-order valence-corrected chi connectivity index (χ4v) is 4.05. The first-order chi connectivity index (χ1) is 15.5. The number of nitrogens with one attached hydrogen (secondary N) is 1. The van der Waals surface area contributed by atoms with Gasteiger partial charge in [-0.25, -0.2) is 4.79 Å². The number of pyridine rings is 1. The maximum absolute atomic E-state index is 13.2. The molecule has 0 radical (unpaired) electrons. The third kappa shape index (κ3) is 6.52. The van der Waals surface area contributed by atoms with Crippen molar-refractivity contribution in [3.8, 4) is 0 Å². The van der Waals surface area contributed by atoms with Crippen LogP contribution in [0.1, 0.15) is 57.8 Å². The highest BCUT2D eigenvalue weighted by atomic mass is 16.6. The second-order valence-electron chi connectivity index (χ2n) is 9.60. The quantitative estimate of drug-likeness (QED) is 0.616. The lowest BCUT2D eigenvalue weighted by molar-refractivity contribution is -0.117. The Morgan fingerprint density at radius 3 is 2.52 bits per heavy atom. The summed E-state index contributed by atoms with van der Waals surface area (Å²) in [6.45, 7) is 7.12. The monoisotopic (exact) mass is 454 g/mol. The van der Waals surface area contributed by atoms with E-state index in [0.29, 0.717) is 24.1 Å². The van der Waals surface area contributed by atoms with Crippen molar-refractivity contribution in [1.29, 1.82) is 0 Å². The van der Waals surface area contributed by atoms with Crippen LogP contribution in [-0.4, -0.2) is 50.7 Å². The van der Waals surface area contributed by atoms with Gasteiger partial charge in [-0.1, -0.05) is 18.2 Å². The first kappa shape index (κ1) is 24.7. The van der Waals surface area contributed by atoms with Gasteiger partial charge in [-0.15, -0.1) is 0 Å². The third-order valence-corrected chi connectivity index (χ3v) is 5.65. The molecule has 0 aliphatic carbocycles. The number of likely N-dealkylation sites (tertiary alicyclic amines) is 1. The van der Waals surface area contributed by atoms with E-state index in [1.54, 1.807) is 30.3 Å². The Morgan fingerprint density at radius 1 is 1.24 bits per heavy atom. The van der Waals surface area contributed by atoms with Gasteiger partial charge in [0, 0.05) is 29.7 Å². The number of hydrogen-bond acceptors (Lipinski definition) is 6. The first-order valence-electron chi connectivity index (χ1n) is 11.3. The molecule has 1 aromatic carbocycles. The number of carbonyl (C=O) groups is 2. The second-order valence-corrected chi connectivity index (χ2v) is 9.60. The molecule has 4 N–H and O–H groups in total. The molecule has 178 valence electrons. The van der Waals surface area contributed by atoms with Crippen molar-refractivity contribution in [1.82, 2.24) is 9.88 Å². The molecule has 2 amide bonds. The fraction of sp³-hybridized carbons (Fsp3) is 0.480. The smallest absolute Gasteiger partial charge is 0.410 e. The Kier molecular flexibility index (Phi) is 7.71. The number of anilines is 1. The zero-order valence-corrected chi connectivity index (χ0v) is 19.7. The molecule has 8 nitrogen and oxygen atoms in total. The van der Waals surface area contributed by atoms with Gasteiger partial charge in [0.1, 0.15) is 11.7 Å². The highest BCUT2D eigenvalue weighted by Crippen LogP contribution is 2.35. The van der Waals surface area contributed by atoms with Crippen molar-refractivity contribution in [3.63, 3.8) is 0 Å². The van der Waals surface area contributed by atoms with E-state index >= 15 is 0 Å². The predicted molar refractivity (Wildman–Crippen MR) is 127 cm³/mol. The Balaban J connectivity index is 1.78. The second kappa shape index (κ2) is 10.3. The van der Waals surface area contributed by atoms with Gasteiger partial charge in [-0.2, -0.15) is 0 Å². The summed E-state index contributed by atoms with van der Waals surface area (Å²) in [4.78, 5) is 30.8. The van der Waals surface area contributed by atoms with Crippen molar-refractivity contribution in [2.45, 2.75) is 76.8 Å². The van der Waals surface area contributed by atoms with Crippen molar-refractivity contribution < 1.29 is 19.4 Å². The molecule has 2 aromatic rings. The Bertz CT molecular complexity index is 941. The van der Waals surface area contributed by atoms with E-state index in [-0.39, 0.29) is 11.9 Å². The minimum atomic E-state index is -0.855. The number of aromatic nitrogens is 1. The van der Waals surface area contributed by atoms with Gasteiger partial charge in [0.15, 0.2) is 0 Å². The maximum atomic E-state index is 13.2. The third-order valence-electron chi connectivity index (χ3n) is 5.65. The largest absolute Gasteiger partial charge is 0.444 e. The van der Waals surface area contributed by atoms with Gasteiger partial charge < -0.3 is 20.9 Å². The maximum Gasteiger partial charge on any atom is 0.410 e. The number of benzene rings is 1. The lowest BCUT2D eigenvalue weighted by Gasteiger charge is -2.34. The number of rotatable bonds is 6. The van der Waals surface area contributed by atoms with Gasteiger partial charge in [-0.05, 0) is 70.7 Å². The standard InChI is InChI=1S/C25H34N4O4/c1-16(26)23(31)28-19-9-7-17(8-10-19)14-20-11-12-21(22(30)18-6-5-13-27-15-18)29(20)24(32)33-25(2,3)4/h5-10,13,15-16,20-22,30H,11-12,14,26H2,1-4H3,(H,28,31)/t16-,20-,21+,22+/m0/s1. The van der Waals surface area contributed by atoms with E-state index in [4.69, 9.17) is 10.5 Å². The summed E-state index contributed by atoms with van der Waals surface area (Å²) in [6.07, 6.45) is 4.00. The summed E-state index contributed by atoms with van der Waals surface area (Å²) in [7, 11) is 0. The molecule has 8 heteroatoms. The summed E-state index contributed by atoms with van der Waals surface area (Å²) in [5, 5.41) is 13.8. The van der Waals surface area contributed by atoms with Crippen LogP contribution in [-0.2, 0) is 16.0 Å². The molecule has 1 aliphatic heterocycles. The Hall–Kier alpha value is -2.97. The fourth-order valence-electron chi connectivity index (χ4n) is 4.05. The molecule has 0 spiro atoms. The molecule has 1 aromatic heterocycles. The Labute approximate surface area is 195 Å². The van der Waals surface area contributed by atoms with Gasteiger partial charge in [-0.3, -0.25) is 14.7 Å². The first-order valence-corrected chi connectivity index (χ1v) is 11.3. The van der Waals surface area contributed by atoms with Crippen LogP contribution < -0.4 is 11.1 Å². The van der Waals surface area contributed by atoms with Crippen LogP contribution in [0.2, 0.25) is 0 Å². The minimum absolute atomic E-state index is 0.124. The lowest BCUT2D eigenvalue weighted by Crippen LogP contribution is -2.47. The van der Waals surface area contributed by atoms with E-state index in [0.717, 1.165) is 12.0 Å². The van der Waals surface area contributed by atoms with Gasteiger partial charge in [0.2, 0.25) is 5.91 Å². The van der Waals surface area contributed by atoms with Crippen LogP contribution in [0.3, 0.4) is 0 Å². The molecule has 0 saturated carbocycles. The summed E-state index contributed by atoms with van der Waals surface area (Å²) in [5.41, 5.74) is 7.32. The number of aliphatic hydroxyl groups excluding tert-OH is 1. The lowest BCUT2D eigenvalue weighted by atomic mass is 10.0. The van der Waals surface area contributed by atoms with Gasteiger partial charge in [0.05, 0.1) is 12.1 Å². The number of amides is 2. The molecule has 1 saturated heterocycles. The Morgan fingerprint density at radius 2 is 1.94 bits per heavy atom. The number of ether oxygens (including phenoxy) is 1. The molecule has 0 bridgehead atoms. The average molecular weight is 455 g/mol. The molecular formula is C25H34N4O4. The molecule has 4 atom stereocenters. The van der Waals surface area contributed by atoms with Gasteiger partial charge in [0.25, 0.3) is 0 Å². The highest BCUT2D eigenvalue weighted by Gasteiger charge is 2.43. The predicted octanol–water partition coefficient (Wildman–Crippen LogP) is 3.41. The van der Waals surface area contributed by atoms with Crippen molar-refractivity contribution >= 4 is 17.7 Å². The van der Waals surface area contributed by atoms with Gasteiger partial charge >= 0.3 is 6.09 Å². The normalized spacial score (nSPS) is 20.2. The van der Waals surface area contributed by atoms with Crippen molar-refractivity contribution in [3.05, 3.63) is 59.9 Å². The highest BCUT2D eigenvalue weighted by molar-refractivity contribution is 5.94. The molecule has 1 aliphatic rings. The van der Waals surface area contributed by atoms with Crippen LogP contribution >= 0.6 is 0 Å². The molecule has 33 heavy (non-hydrogen) atoms. The van der Waals surface area contributed by atoms with E-state index < -0.39 is 29.9 Å². The zero-order valence-electron chi connectivity index (χ0n) is 19.7. The molecule has 0 unspecified atom stereocenters. The summed E-state index contributed by atoms with van der Waals surface area (Å²) < 4.78 is 5.69. The van der Waals surface area contributed by atoms with E-state index in [1.165, 1.54) is 0 Å². The number of aliphatic hydroxyl groups is 1. The topological polar surface area (TPSA) is 118 Å². The van der Waals surface area contributed by atoms with E-state index in [9.17, 15) is 14.7 Å². The molecule has 1 fully saturated rings. The molecule has 2 heterocycles. The number of carbonyl (C=O) groups excluding carboxylic acids is 2. The van der Waals surface area contributed by atoms with E-state index in [2.05, 4.69) is 10.3 Å². The minimum Gasteiger partial charge on any atom is -0.444 e.